The Bertz CT molecular complexity index is 449. The van der Waals surface area contributed by atoms with Crippen LogP contribution < -0.4 is 0 Å². The van der Waals surface area contributed by atoms with Gasteiger partial charge in [-0.05, 0) is 30.5 Å². The third kappa shape index (κ3) is 2.75. The van der Waals surface area contributed by atoms with Gasteiger partial charge in [-0.25, -0.2) is 0 Å². The van der Waals surface area contributed by atoms with Crippen molar-refractivity contribution in [3.8, 4) is 0 Å². The third-order valence-corrected chi connectivity index (χ3v) is 4.33. The van der Waals surface area contributed by atoms with E-state index in [1.807, 2.05) is 19.1 Å². The number of benzene rings is 1. The van der Waals surface area contributed by atoms with Crippen molar-refractivity contribution in [1.82, 2.24) is 4.90 Å². The summed E-state index contributed by atoms with van der Waals surface area (Å²) in [6.45, 7) is 5.65. The van der Waals surface area contributed by atoms with Crippen molar-refractivity contribution < 1.29 is 9.90 Å². The van der Waals surface area contributed by atoms with Crippen molar-refractivity contribution in [2.45, 2.75) is 19.9 Å². The molecular weight excluding hydrogens is 294 g/mol. The summed E-state index contributed by atoms with van der Waals surface area (Å²) in [6.07, 6.45) is 0. The van der Waals surface area contributed by atoms with Crippen LogP contribution in [0.25, 0.3) is 0 Å². The number of carboxylic acids is 1. The highest BCUT2D eigenvalue weighted by Gasteiger charge is 2.36. The Morgan fingerprint density at radius 2 is 2.22 bits per heavy atom. The predicted molar refractivity (Wildman–Crippen MR) is 74.4 cm³/mol. The van der Waals surface area contributed by atoms with Crippen LogP contribution in [0, 0.1) is 11.8 Å². The number of hydrogen-bond acceptors (Lipinski definition) is 2. The van der Waals surface area contributed by atoms with Crippen LogP contribution >= 0.6 is 15.9 Å². The predicted octanol–water partition coefficient (Wildman–Crippen LogP) is 3.16. The highest BCUT2D eigenvalue weighted by molar-refractivity contribution is 9.10. The summed E-state index contributed by atoms with van der Waals surface area (Å²) < 4.78 is 1.06. The fraction of sp³-hybridized carbons (Fsp3) is 0.500. The Labute approximate surface area is 116 Å². The first-order valence-corrected chi connectivity index (χ1v) is 7.00. The van der Waals surface area contributed by atoms with Gasteiger partial charge >= 0.3 is 5.97 Å². The number of aliphatic carboxylic acids is 1. The number of likely N-dealkylation sites (tertiary alicyclic amines) is 1. The lowest BCUT2D eigenvalue weighted by Crippen LogP contribution is -2.26. The number of carboxylic acid groups (broad SMARTS) is 1. The highest BCUT2D eigenvalue weighted by atomic mass is 79.9. The number of hydrogen-bond donors (Lipinski definition) is 1. The van der Waals surface area contributed by atoms with Gasteiger partial charge in [-0.2, -0.15) is 0 Å². The summed E-state index contributed by atoms with van der Waals surface area (Å²) in [5, 5.41) is 9.16. The molecule has 0 aromatic heterocycles. The number of rotatable bonds is 3. The van der Waals surface area contributed by atoms with Crippen LogP contribution in [0.1, 0.15) is 25.5 Å². The van der Waals surface area contributed by atoms with E-state index >= 15 is 0 Å². The van der Waals surface area contributed by atoms with Crippen LogP contribution in [0.4, 0.5) is 0 Å². The first-order valence-electron chi connectivity index (χ1n) is 6.21. The normalized spacial score (nSPS) is 26.2. The highest BCUT2D eigenvalue weighted by Crippen LogP contribution is 2.31. The number of halogens is 1. The lowest BCUT2D eigenvalue weighted by molar-refractivity contribution is -0.142. The summed E-state index contributed by atoms with van der Waals surface area (Å²) in [4.78, 5) is 13.4. The van der Waals surface area contributed by atoms with Crippen LogP contribution in [0.2, 0.25) is 0 Å². The van der Waals surface area contributed by atoms with Gasteiger partial charge in [0.05, 0.1) is 5.92 Å². The van der Waals surface area contributed by atoms with Gasteiger partial charge in [0.15, 0.2) is 0 Å². The zero-order valence-corrected chi connectivity index (χ0v) is 12.2. The third-order valence-electron chi connectivity index (χ3n) is 3.84. The van der Waals surface area contributed by atoms with Gasteiger partial charge < -0.3 is 5.11 Å². The van der Waals surface area contributed by atoms with Crippen LogP contribution in [-0.4, -0.2) is 29.1 Å². The van der Waals surface area contributed by atoms with Gasteiger partial charge in [0.1, 0.15) is 0 Å². The zero-order chi connectivity index (χ0) is 13.3. The van der Waals surface area contributed by atoms with Gasteiger partial charge in [0.2, 0.25) is 0 Å². The molecule has 3 nitrogen and oxygen atoms in total. The molecule has 3 unspecified atom stereocenters. The molecule has 1 heterocycles. The van der Waals surface area contributed by atoms with Crippen molar-refractivity contribution in [3.63, 3.8) is 0 Å². The van der Waals surface area contributed by atoms with E-state index in [4.69, 9.17) is 5.11 Å². The SMILES string of the molecule is CC1CN(C(C)c2cccc(Br)c2)CC1C(=O)O. The minimum absolute atomic E-state index is 0.220. The Balaban J connectivity index is 2.11. The molecule has 1 N–H and O–H groups in total. The topological polar surface area (TPSA) is 40.5 Å². The quantitative estimate of drug-likeness (QED) is 0.932. The molecule has 2 rings (SSSR count). The second-order valence-corrected chi connectivity index (χ2v) is 6.02. The second kappa shape index (κ2) is 5.41. The van der Waals surface area contributed by atoms with Crippen molar-refractivity contribution in [2.75, 3.05) is 13.1 Å². The fourth-order valence-corrected chi connectivity index (χ4v) is 3.04. The molecule has 0 spiro atoms. The van der Waals surface area contributed by atoms with Gasteiger partial charge in [-0.1, -0.05) is 35.0 Å². The maximum atomic E-state index is 11.1. The second-order valence-electron chi connectivity index (χ2n) is 5.11. The molecule has 1 aromatic carbocycles. The molecule has 18 heavy (non-hydrogen) atoms. The van der Waals surface area contributed by atoms with E-state index in [2.05, 4.69) is 39.9 Å². The van der Waals surface area contributed by atoms with Crippen LogP contribution in [0.5, 0.6) is 0 Å². The molecule has 3 atom stereocenters. The molecule has 0 bridgehead atoms. The number of carbonyl (C=O) groups is 1. The van der Waals surface area contributed by atoms with E-state index < -0.39 is 5.97 Å². The van der Waals surface area contributed by atoms with Crippen molar-refractivity contribution >= 4 is 21.9 Å². The van der Waals surface area contributed by atoms with Gasteiger partial charge in [-0.15, -0.1) is 0 Å². The zero-order valence-electron chi connectivity index (χ0n) is 10.6. The molecule has 1 fully saturated rings. The average Bonchev–Trinajstić information content (AvgIpc) is 2.70. The van der Waals surface area contributed by atoms with Gasteiger partial charge in [0.25, 0.3) is 0 Å². The maximum absolute atomic E-state index is 11.1. The first kappa shape index (κ1) is 13.6. The van der Waals surface area contributed by atoms with E-state index in [-0.39, 0.29) is 17.9 Å². The molecule has 1 aliphatic rings. The minimum atomic E-state index is -0.675. The lowest BCUT2D eigenvalue weighted by Gasteiger charge is -2.24. The van der Waals surface area contributed by atoms with Crippen molar-refractivity contribution in [3.05, 3.63) is 34.3 Å². The molecule has 0 aliphatic carbocycles. The van der Waals surface area contributed by atoms with Crippen LogP contribution in [0.15, 0.2) is 28.7 Å². The van der Waals surface area contributed by atoms with E-state index in [9.17, 15) is 4.79 Å². The molecule has 0 saturated carbocycles. The summed E-state index contributed by atoms with van der Waals surface area (Å²) in [5.74, 6) is -0.692. The van der Waals surface area contributed by atoms with E-state index in [1.54, 1.807) is 0 Å². The smallest absolute Gasteiger partial charge is 0.308 e. The van der Waals surface area contributed by atoms with Gasteiger partial charge in [-0.3, -0.25) is 9.69 Å². The largest absolute Gasteiger partial charge is 0.481 e. The summed E-state index contributed by atoms with van der Waals surface area (Å²) in [5.41, 5.74) is 1.22. The van der Waals surface area contributed by atoms with E-state index in [0.29, 0.717) is 6.54 Å². The van der Waals surface area contributed by atoms with E-state index in [1.165, 1.54) is 5.56 Å². The Kier molecular flexibility index (Phi) is 4.07. The molecule has 98 valence electrons. The molecule has 0 radical (unpaired) electrons. The van der Waals surface area contributed by atoms with Crippen molar-refractivity contribution in [2.24, 2.45) is 11.8 Å². The summed E-state index contributed by atoms with van der Waals surface area (Å²) in [7, 11) is 0. The number of nitrogens with zero attached hydrogens (tertiary/aromatic N) is 1. The first-order chi connectivity index (χ1) is 8.49. The molecule has 1 aliphatic heterocycles. The van der Waals surface area contributed by atoms with Crippen LogP contribution in [-0.2, 0) is 4.79 Å². The Morgan fingerprint density at radius 1 is 1.50 bits per heavy atom. The fourth-order valence-electron chi connectivity index (χ4n) is 2.62. The molecule has 1 aromatic rings. The molecule has 4 heteroatoms. The molecule has 1 saturated heterocycles. The summed E-state index contributed by atoms with van der Waals surface area (Å²) in [6, 6.07) is 8.47. The molecule has 0 amide bonds. The van der Waals surface area contributed by atoms with Crippen LogP contribution in [0.3, 0.4) is 0 Å². The Morgan fingerprint density at radius 3 is 2.78 bits per heavy atom. The lowest BCUT2D eigenvalue weighted by atomic mass is 9.99. The summed E-state index contributed by atoms with van der Waals surface area (Å²) >= 11 is 3.47. The minimum Gasteiger partial charge on any atom is -0.481 e. The standard InChI is InChI=1S/C14H18BrNO2/c1-9-7-16(8-13(9)14(17)18)10(2)11-4-3-5-12(15)6-11/h3-6,9-10,13H,7-8H2,1-2H3,(H,17,18). The maximum Gasteiger partial charge on any atom is 0.308 e. The van der Waals surface area contributed by atoms with Gasteiger partial charge in [0, 0.05) is 23.6 Å². The average molecular weight is 312 g/mol. The monoisotopic (exact) mass is 311 g/mol. The van der Waals surface area contributed by atoms with Crippen molar-refractivity contribution in [1.29, 1.82) is 0 Å². The van der Waals surface area contributed by atoms with E-state index in [0.717, 1.165) is 11.0 Å². The Hall–Kier alpha value is -0.870. The molecular formula is C14H18BrNO2.